The Balaban J connectivity index is 1.71. The van der Waals surface area contributed by atoms with Crippen molar-refractivity contribution in [2.75, 3.05) is 13.2 Å². The number of rotatable bonds is 1. The van der Waals surface area contributed by atoms with Crippen LogP contribution in [0.5, 0.6) is 0 Å². The molecule has 0 unspecified atom stereocenters. The fourth-order valence-electron chi connectivity index (χ4n) is 6.52. The molecule has 2 fully saturated rings. The van der Waals surface area contributed by atoms with E-state index in [1.807, 2.05) is 0 Å². The Morgan fingerprint density at radius 2 is 2.05 bits per heavy atom. The average Bonchev–Trinajstić information content (AvgIpc) is 2.83. The normalized spacial score (nSPS) is 51.9. The maximum Gasteiger partial charge on any atom is 0.0653 e. The van der Waals surface area contributed by atoms with Crippen molar-refractivity contribution in [3.8, 4) is 0 Å². The standard InChI is InChI=1S/C20H30O/c1-4-14-6-8-17-16-7-5-15-10-12-21-13-20(15,3)18(16)9-11-19(14,17)2/h5,7,10,14,16-18H,4,6,8-9,11-13H2,1-3H3/t14-,16-,17-,18-,19+,20-/m0/s1. The van der Waals surface area contributed by atoms with Gasteiger partial charge in [0.2, 0.25) is 0 Å². The first kappa shape index (κ1) is 14.1. The van der Waals surface area contributed by atoms with Gasteiger partial charge in [-0.25, -0.2) is 0 Å². The van der Waals surface area contributed by atoms with Gasteiger partial charge in [0, 0.05) is 5.41 Å². The lowest BCUT2D eigenvalue weighted by atomic mass is 9.50. The predicted molar refractivity (Wildman–Crippen MR) is 87.0 cm³/mol. The molecule has 1 aliphatic heterocycles. The largest absolute Gasteiger partial charge is 0.376 e. The van der Waals surface area contributed by atoms with E-state index >= 15 is 0 Å². The second-order valence-electron chi connectivity index (χ2n) is 8.47. The lowest BCUT2D eigenvalue weighted by Crippen LogP contribution is -2.50. The summed E-state index contributed by atoms with van der Waals surface area (Å²) in [6, 6.07) is 0. The highest BCUT2D eigenvalue weighted by atomic mass is 16.5. The molecule has 0 aromatic heterocycles. The highest BCUT2D eigenvalue weighted by molar-refractivity contribution is 5.35. The quantitative estimate of drug-likeness (QED) is 0.660. The molecule has 0 spiro atoms. The Morgan fingerprint density at radius 3 is 2.86 bits per heavy atom. The van der Waals surface area contributed by atoms with Crippen molar-refractivity contribution in [3.05, 3.63) is 23.8 Å². The SMILES string of the molecule is CC[C@H]1CC[C@H]2[C@@H]3C=CC4=CCOC[C@]4(C)[C@H]3CC[C@]12C. The Hall–Kier alpha value is -0.560. The van der Waals surface area contributed by atoms with Crippen LogP contribution < -0.4 is 0 Å². The molecule has 21 heavy (non-hydrogen) atoms. The molecule has 0 saturated heterocycles. The molecule has 0 amide bonds. The summed E-state index contributed by atoms with van der Waals surface area (Å²) in [6.45, 7) is 9.22. The highest BCUT2D eigenvalue weighted by Crippen LogP contribution is 2.64. The van der Waals surface area contributed by atoms with Crippen LogP contribution in [0.2, 0.25) is 0 Å². The molecule has 0 bridgehead atoms. The second-order valence-corrected chi connectivity index (χ2v) is 8.47. The van der Waals surface area contributed by atoms with Crippen LogP contribution in [0.1, 0.15) is 52.9 Å². The van der Waals surface area contributed by atoms with Gasteiger partial charge in [-0.3, -0.25) is 0 Å². The summed E-state index contributed by atoms with van der Waals surface area (Å²) in [5.41, 5.74) is 2.44. The van der Waals surface area contributed by atoms with E-state index in [1.54, 1.807) is 5.57 Å². The van der Waals surface area contributed by atoms with Crippen LogP contribution in [-0.2, 0) is 4.74 Å². The molecule has 1 nitrogen and oxygen atoms in total. The van der Waals surface area contributed by atoms with E-state index in [0.717, 1.165) is 36.9 Å². The Labute approximate surface area is 129 Å². The molecule has 4 rings (SSSR count). The molecule has 2 saturated carbocycles. The molecular formula is C20H30O. The van der Waals surface area contributed by atoms with Gasteiger partial charge in [0.1, 0.15) is 0 Å². The van der Waals surface area contributed by atoms with Crippen molar-refractivity contribution < 1.29 is 4.74 Å². The van der Waals surface area contributed by atoms with E-state index in [9.17, 15) is 0 Å². The zero-order chi connectivity index (χ0) is 14.7. The predicted octanol–water partition coefficient (Wildman–Crippen LogP) is 4.99. The summed E-state index contributed by atoms with van der Waals surface area (Å²) in [4.78, 5) is 0. The molecule has 0 N–H and O–H groups in total. The summed E-state index contributed by atoms with van der Waals surface area (Å²) in [5, 5.41) is 0. The lowest BCUT2D eigenvalue weighted by Gasteiger charge is -2.55. The highest BCUT2D eigenvalue weighted by Gasteiger charge is 2.57. The van der Waals surface area contributed by atoms with E-state index in [-0.39, 0.29) is 5.41 Å². The molecule has 4 aliphatic rings. The van der Waals surface area contributed by atoms with E-state index in [4.69, 9.17) is 4.74 Å². The Morgan fingerprint density at radius 1 is 1.19 bits per heavy atom. The Kier molecular flexibility index (Phi) is 3.16. The van der Waals surface area contributed by atoms with Gasteiger partial charge in [-0.2, -0.15) is 0 Å². The van der Waals surface area contributed by atoms with Crippen molar-refractivity contribution in [1.82, 2.24) is 0 Å². The summed E-state index contributed by atoms with van der Waals surface area (Å²) < 4.78 is 5.86. The van der Waals surface area contributed by atoms with Gasteiger partial charge in [-0.1, -0.05) is 45.4 Å². The minimum absolute atomic E-state index is 0.281. The number of ether oxygens (including phenoxy) is 1. The minimum Gasteiger partial charge on any atom is -0.376 e. The van der Waals surface area contributed by atoms with Gasteiger partial charge < -0.3 is 4.74 Å². The van der Waals surface area contributed by atoms with Crippen molar-refractivity contribution in [2.24, 2.45) is 34.5 Å². The lowest BCUT2D eigenvalue weighted by molar-refractivity contribution is -0.0466. The van der Waals surface area contributed by atoms with Crippen molar-refractivity contribution in [3.63, 3.8) is 0 Å². The molecule has 0 radical (unpaired) electrons. The molecule has 6 atom stereocenters. The first-order valence-corrected chi connectivity index (χ1v) is 9.06. The summed E-state index contributed by atoms with van der Waals surface area (Å²) in [5.74, 6) is 3.48. The van der Waals surface area contributed by atoms with Gasteiger partial charge in [0.15, 0.2) is 0 Å². The van der Waals surface area contributed by atoms with Crippen LogP contribution in [0.4, 0.5) is 0 Å². The molecule has 1 heterocycles. The van der Waals surface area contributed by atoms with Gasteiger partial charge >= 0.3 is 0 Å². The molecule has 0 aromatic rings. The first-order chi connectivity index (χ1) is 10.1. The first-order valence-electron chi connectivity index (χ1n) is 9.06. The van der Waals surface area contributed by atoms with Crippen molar-refractivity contribution in [2.45, 2.75) is 52.9 Å². The second kappa shape index (κ2) is 4.72. The summed E-state index contributed by atoms with van der Waals surface area (Å²) in [6.07, 6.45) is 14.5. The fraction of sp³-hybridized carbons (Fsp3) is 0.800. The molecule has 3 aliphatic carbocycles. The third-order valence-electron chi connectivity index (χ3n) is 7.82. The van der Waals surface area contributed by atoms with E-state index in [0.29, 0.717) is 5.41 Å². The van der Waals surface area contributed by atoms with Crippen LogP contribution >= 0.6 is 0 Å². The number of hydrogen-bond acceptors (Lipinski definition) is 1. The smallest absolute Gasteiger partial charge is 0.0653 e. The zero-order valence-corrected chi connectivity index (χ0v) is 13.9. The molecular weight excluding hydrogens is 256 g/mol. The maximum absolute atomic E-state index is 5.86. The minimum atomic E-state index is 0.281. The molecule has 0 aromatic carbocycles. The third kappa shape index (κ3) is 1.79. The molecule has 116 valence electrons. The van der Waals surface area contributed by atoms with Gasteiger partial charge in [0.05, 0.1) is 13.2 Å². The van der Waals surface area contributed by atoms with Crippen molar-refractivity contribution in [1.29, 1.82) is 0 Å². The number of hydrogen-bond donors (Lipinski definition) is 0. The molecule has 1 heteroatoms. The summed E-state index contributed by atoms with van der Waals surface area (Å²) >= 11 is 0. The van der Waals surface area contributed by atoms with Gasteiger partial charge in [-0.05, 0) is 60.3 Å². The van der Waals surface area contributed by atoms with Gasteiger partial charge in [0.25, 0.3) is 0 Å². The number of fused-ring (bicyclic) bond motifs is 5. The van der Waals surface area contributed by atoms with Crippen molar-refractivity contribution >= 4 is 0 Å². The van der Waals surface area contributed by atoms with Crippen LogP contribution in [0.25, 0.3) is 0 Å². The van der Waals surface area contributed by atoms with Crippen LogP contribution in [0.3, 0.4) is 0 Å². The third-order valence-corrected chi connectivity index (χ3v) is 7.82. The summed E-state index contributed by atoms with van der Waals surface area (Å²) in [7, 11) is 0. The maximum atomic E-state index is 5.86. The van der Waals surface area contributed by atoms with E-state index in [2.05, 4.69) is 39.0 Å². The average molecular weight is 286 g/mol. The monoisotopic (exact) mass is 286 g/mol. The van der Waals surface area contributed by atoms with Crippen LogP contribution in [0, 0.1) is 34.5 Å². The fourth-order valence-corrected chi connectivity index (χ4v) is 6.52. The number of allylic oxidation sites excluding steroid dienone is 2. The van der Waals surface area contributed by atoms with Gasteiger partial charge in [-0.15, -0.1) is 0 Å². The zero-order valence-electron chi connectivity index (χ0n) is 13.9. The topological polar surface area (TPSA) is 9.23 Å². The van der Waals surface area contributed by atoms with Crippen LogP contribution in [-0.4, -0.2) is 13.2 Å². The Bertz CT molecular complexity index is 490. The van der Waals surface area contributed by atoms with E-state index in [1.165, 1.54) is 32.1 Å². The van der Waals surface area contributed by atoms with E-state index < -0.39 is 0 Å². The van der Waals surface area contributed by atoms with Crippen LogP contribution in [0.15, 0.2) is 23.8 Å².